The van der Waals surface area contributed by atoms with Crippen molar-refractivity contribution in [2.24, 2.45) is 22.9 Å². The molecule has 18 heteroatoms. The van der Waals surface area contributed by atoms with Crippen LogP contribution in [0.5, 0.6) is 0 Å². The van der Waals surface area contributed by atoms with Gasteiger partial charge >= 0.3 is 0 Å². The van der Waals surface area contributed by atoms with Gasteiger partial charge in [-0.15, -0.1) is 0 Å². The summed E-state index contributed by atoms with van der Waals surface area (Å²) >= 11 is 0. The number of nitrogens with one attached hydrogen (secondary N) is 1. The quantitative estimate of drug-likeness (QED) is 0.123. The maximum absolute atomic E-state index is 12.1. The Morgan fingerprint density at radius 3 is 2.03 bits per heavy atom. The Kier molecular flexibility index (Phi) is 10.7. The van der Waals surface area contributed by atoms with E-state index in [4.69, 9.17) is 41.9 Å². The number of carbonyl (C=O) groups is 1. The van der Waals surface area contributed by atoms with Gasteiger partial charge in [0.25, 0.3) is 5.91 Å². The molecule has 9 unspecified atom stereocenters. The predicted octanol–water partition coefficient (Wildman–Crippen LogP) is -8.86. The van der Waals surface area contributed by atoms with Crippen LogP contribution in [0.1, 0.15) is 6.42 Å². The summed E-state index contributed by atoms with van der Waals surface area (Å²) in [5, 5.41) is 83.6. The van der Waals surface area contributed by atoms with Crippen LogP contribution in [0.4, 0.5) is 0 Å². The van der Waals surface area contributed by atoms with Gasteiger partial charge in [-0.2, -0.15) is 0 Å². The molecule has 16 atom stereocenters. The van der Waals surface area contributed by atoms with E-state index < -0.39 is 110 Å². The second kappa shape index (κ2) is 13.0. The second-order valence-electron chi connectivity index (χ2n) is 9.69. The van der Waals surface area contributed by atoms with Crippen molar-refractivity contribution in [3.63, 3.8) is 0 Å². The summed E-state index contributed by atoms with van der Waals surface area (Å²) in [7, 11) is 0. The number of amides is 1. The molecule has 222 valence electrons. The minimum absolute atomic E-state index is 0.167. The molecule has 0 bridgehead atoms. The van der Waals surface area contributed by atoms with Gasteiger partial charge in [-0.25, -0.2) is 0 Å². The van der Waals surface area contributed by atoms with Gasteiger partial charge in [0.15, 0.2) is 18.8 Å². The molecule has 0 spiro atoms. The van der Waals surface area contributed by atoms with E-state index in [0.717, 1.165) is 0 Å². The third kappa shape index (κ3) is 6.41. The molecule has 1 saturated carbocycles. The standard InChI is InChI=1S/C20H39N5O13/c21-2-6-10(28)12(30)13(31)20(35-6)37-15-4(22)1-5(25-18(34)17(24)33)16(14(15)32)38-19-11(29)8(23)9(27)7(3-26)36-19/h4-17,19-20,26-33H,1-3,21-24H2,(H,25,34)/t4-,5+,6+,7?,8-,9?,10?,11?,12?,13?,14?,15?,16?,17+,19+,20-/m0/s1. The Bertz CT molecular complexity index is 782. The van der Waals surface area contributed by atoms with Crippen LogP contribution in [0.25, 0.3) is 0 Å². The van der Waals surface area contributed by atoms with Crippen LogP contribution in [0.3, 0.4) is 0 Å². The zero-order valence-electron chi connectivity index (χ0n) is 20.3. The molecular formula is C20H39N5O13. The average molecular weight is 558 g/mol. The molecule has 18 nitrogen and oxygen atoms in total. The van der Waals surface area contributed by atoms with Crippen molar-refractivity contribution in [3.05, 3.63) is 0 Å². The SMILES string of the molecule is NC[C@H]1O[C@@H](OC2C(O)C(O[C@H]3OC(CO)C(O)[C@H](N)C3O)[C@H](NC(=O)[C@H](N)O)C[C@@H]2N)C(O)C(O)C1O. The van der Waals surface area contributed by atoms with E-state index >= 15 is 0 Å². The third-order valence-electron chi connectivity index (χ3n) is 7.03. The first-order valence-electron chi connectivity index (χ1n) is 12.1. The first kappa shape index (κ1) is 31.4. The molecule has 0 aromatic heterocycles. The summed E-state index contributed by atoms with van der Waals surface area (Å²) in [4.78, 5) is 12.1. The van der Waals surface area contributed by atoms with Crippen molar-refractivity contribution >= 4 is 5.91 Å². The van der Waals surface area contributed by atoms with Crippen molar-refractivity contribution < 1.29 is 64.6 Å². The fourth-order valence-electron chi connectivity index (χ4n) is 4.77. The van der Waals surface area contributed by atoms with Crippen molar-refractivity contribution in [1.82, 2.24) is 5.32 Å². The van der Waals surface area contributed by atoms with Gasteiger partial charge in [0.1, 0.15) is 61.0 Å². The summed E-state index contributed by atoms with van der Waals surface area (Å²) in [6.45, 7) is -0.918. The van der Waals surface area contributed by atoms with Gasteiger partial charge in [0.2, 0.25) is 0 Å². The number of aliphatic hydroxyl groups excluding tert-OH is 8. The van der Waals surface area contributed by atoms with Gasteiger partial charge < -0.3 is 82.3 Å². The van der Waals surface area contributed by atoms with E-state index in [1.807, 2.05) is 0 Å². The molecule has 17 N–H and O–H groups in total. The Hall–Kier alpha value is -1.17. The minimum atomic E-state index is -1.93. The maximum atomic E-state index is 12.1. The highest BCUT2D eigenvalue weighted by molar-refractivity contribution is 5.80. The van der Waals surface area contributed by atoms with Crippen LogP contribution in [0.15, 0.2) is 0 Å². The van der Waals surface area contributed by atoms with Gasteiger partial charge in [0.05, 0.1) is 18.7 Å². The lowest BCUT2D eigenvalue weighted by Crippen LogP contribution is -2.69. The van der Waals surface area contributed by atoms with E-state index in [0.29, 0.717) is 0 Å². The summed E-state index contributed by atoms with van der Waals surface area (Å²) in [6, 6.07) is -3.52. The summed E-state index contributed by atoms with van der Waals surface area (Å²) < 4.78 is 22.3. The fourth-order valence-corrected chi connectivity index (χ4v) is 4.77. The Balaban J connectivity index is 1.84. The lowest BCUT2D eigenvalue weighted by molar-refractivity contribution is -0.332. The topological polar surface area (TPSA) is 332 Å². The van der Waals surface area contributed by atoms with Gasteiger partial charge in [-0.3, -0.25) is 10.5 Å². The van der Waals surface area contributed by atoms with E-state index in [1.54, 1.807) is 0 Å². The second-order valence-corrected chi connectivity index (χ2v) is 9.69. The molecule has 38 heavy (non-hydrogen) atoms. The summed E-state index contributed by atoms with van der Waals surface area (Å²) in [5.41, 5.74) is 22.7. The van der Waals surface area contributed by atoms with Crippen LogP contribution in [-0.2, 0) is 23.7 Å². The number of aliphatic hydroxyl groups is 8. The number of ether oxygens (including phenoxy) is 4. The van der Waals surface area contributed by atoms with Gasteiger partial charge in [-0.1, -0.05) is 0 Å². The van der Waals surface area contributed by atoms with Crippen molar-refractivity contribution in [2.75, 3.05) is 13.2 Å². The van der Waals surface area contributed by atoms with Crippen LogP contribution in [-0.4, -0.2) is 158 Å². The number of rotatable bonds is 8. The molecule has 2 saturated heterocycles. The van der Waals surface area contributed by atoms with E-state index in [2.05, 4.69) is 5.32 Å². The molecule has 3 rings (SSSR count). The summed E-state index contributed by atoms with van der Waals surface area (Å²) in [6.07, 6.45) is -20.3. The van der Waals surface area contributed by atoms with E-state index in [-0.39, 0.29) is 13.0 Å². The molecule has 1 amide bonds. The van der Waals surface area contributed by atoms with Gasteiger partial charge in [0, 0.05) is 12.6 Å². The molecule has 1 aliphatic carbocycles. The first-order chi connectivity index (χ1) is 17.8. The zero-order chi connectivity index (χ0) is 28.5. The number of hydrogen-bond acceptors (Lipinski definition) is 17. The zero-order valence-corrected chi connectivity index (χ0v) is 20.3. The highest BCUT2D eigenvalue weighted by Crippen LogP contribution is 2.32. The molecular weight excluding hydrogens is 518 g/mol. The monoisotopic (exact) mass is 557 g/mol. The minimum Gasteiger partial charge on any atom is -0.394 e. The van der Waals surface area contributed by atoms with E-state index in [9.17, 15) is 45.6 Å². The highest BCUT2D eigenvalue weighted by Gasteiger charge is 2.52. The molecule has 0 radical (unpaired) electrons. The largest absolute Gasteiger partial charge is 0.394 e. The van der Waals surface area contributed by atoms with E-state index in [1.165, 1.54) is 0 Å². The smallest absolute Gasteiger partial charge is 0.264 e. The Morgan fingerprint density at radius 1 is 0.868 bits per heavy atom. The number of carbonyl (C=O) groups excluding carboxylic acids is 1. The molecule has 2 aliphatic heterocycles. The Morgan fingerprint density at radius 2 is 1.45 bits per heavy atom. The summed E-state index contributed by atoms with van der Waals surface area (Å²) in [5.74, 6) is -1.04. The normalized spacial score (nSPS) is 48.9. The van der Waals surface area contributed by atoms with Crippen molar-refractivity contribution in [2.45, 2.75) is 104 Å². The van der Waals surface area contributed by atoms with Crippen LogP contribution >= 0.6 is 0 Å². The lowest BCUT2D eigenvalue weighted by atomic mass is 9.83. The van der Waals surface area contributed by atoms with Crippen molar-refractivity contribution in [3.8, 4) is 0 Å². The highest BCUT2D eigenvalue weighted by atomic mass is 16.7. The lowest BCUT2D eigenvalue weighted by Gasteiger charge is -2.48. The van der Waals surface area contributed by atoms with Crippen LogP contribution in [0, 0.1) is 0 Å². The predicted molar refractivity (Wildman–Crippen MR) is 122 cm³/mol. The third-order valence-corrected chi connectivity index (χ3v) is 7.03. The fraction of sp³-hybridized carbons (Fsp3) is 0.950. The molecule has 2 heterocycles. The van der Waals surface area contributed by atoms with Gasteiger partial charge in [-0.05, 0) is 6.42 Å². The van der Waals surface area contributed by atoms with Crippen LogP contribution in [0.2, 0.25) is 0 Å². The van der Waals surface area contributed by atoms with Crippen molar-refractivity contribution in [1.29, 1.82) is 0 Å². The Labute approximate surface area is 217 Å². The number of nitrogens with two attached hydrogens (primary N) is 4. The maximum Gasteiger partial charge on any atom is 0.264 e. The average Bonchev–Trinajstić information content (AvgIpc) is 2.88. The molecule has 0 aromatic carbocycles. The number of hydrogen-bond donors (Lipinski definition) is 13. The van der Waals surface area contributed by atoms with Crippen LogP contribution < -0.4 is 28.3 Å². The first-order valence-corrected chi connectivity index (χ1v) is 12.1. The molecule has 3 fully saturated rings. The molecule has 3 aliphatic rings. The molecule has 0 aromatic rings.